The molecule has 3 aromatic carbocycles. The van der Waals surface area contributed by atoms with E-state index in [1.807, 2.05) is 97.9 Å². The zero-order valence-corrected chi connectivity index (χ0v) is 18.9. The number of alkyl halides is 1. The second kappa shape index (κ2) is 11.6. The van der Waals surface area contributed by atoms with Gasteiger partial charge in [0.25, 0.3) is 0 Å². The Hall–Kier alpha value is -2.21. The minimum absolute atomic E-state index is 0.237. The average molecular weight is 453 g/mol. The van der Waals surface area contributed by atoms with E-state index >= 15 is 0 Å². The van der Waals surface area contributed by atoms with Crippen molar-refractivity contribution >= 4 is 11.6 Å². The molecule has 5 heteroatoms. The van der Waals surface area contributed by atoms with Gasteiger partial charge in [-0.1, -0.05) is 103 Å². The Bertz CT molecular complexity index is 867. The van der Waals surface area contributed by atoms with Crippen LogP contribution in [0, 0.1) is 0 Å². The standard InChI is InChI=1S/C27H29ClO4/c1-20-24(29-17-21-11-5-2-6-12-21)25(30-18-22-13-7-3-8-14-22)26(27(28)32-20)31-19-23-15-9-4-10-16-23/h2-16,20,24-27H,17-19H2,1H3. The van der Waals surface area contributed by atoms with Crippen LogP contribution in [0.2, 0.25) is 0 Å². The third kappa shape index (κ3) is 6.18. The highest BCUT2D eigenvalue weighted by Crippen LogP contribution is 2.31. The summed E-state index contributed by atoms with van der Waals surface area (Å²) in [4.78, 5) is 0. The van der Waals surface area contributed by atoms with Crippen LogP contribution in [0.5, 0.6) is 0 Å². The van der Waals surface area contributed by atoms with Crippen molar-refractivity contribution < 1.29 is 18.9 Å². The summed E-state index contributed by atoms with van der Waals surface area (Å²) in [7, 11) is 0. The van der Waals surface area contributed by atoms with E-state index in [-0.39, 0.29) is 18.3 Å². The van der Waals surface area contributed by atoms with E-state index in [1.165, 1.54) is 0 Å². The maximum Gasteiger partial charge on any atom is 0.160 e. The maximum absolute atomic E-state index is 6.62. The Balaban J connectivity index is 1.50. The number of halogens is 1. The lowest BCUT2D eigenvalue weighted by Crippen LogP contribution is -2.57. The summed E-state index contributed by atoms with van der Waals surface area (Å²) >= 11 is 6.62. The molecule has 0 amide bonds. The molecule has 0 bridgehead atoms. The molecule has 32 heavy (non-hydrogen) atoms. The summed E-state index contributed by atoms with van der Waals surface area (Å²) in [6, 6.07) is 30.2. The molecule has 5 atom stereocenters. The Morgan fingerprint density at radius 2 is 0.969 bits per heavy atom. The van der Waals surface area contributed by atoms with Gasteiger partial charge in [-0.05, 0) is 23.6 Å². The first-order valence-corrected chi connectivity index (χ1v) is 11.4. The van der Waals surface area contributed by atoms with Gasteiger partial charge in [-0.25, -0.2) is 0 Å². The molecule has 168 valence electrons. The first-order chi connectivity index (χ1) is 15.7. The summed E-state index contributed by atoms with van der Waals surface area (Å²) in [5, 5.41) is 0. The van der Waals surface area contributed by atoms with Crippen molar-refractivity contribution in [2.75, 3.05) is 0 Å². The van der Waals surface area contributed by atoms with Gasteiger partial charge in [-0.2, -0.15) is 0 Å². The van der Waals surface area contributed by atoms with E-state index in [4.69, 9.17) is 30.5 Å². The van der Waals surface area contributed by atoms with Gasteiger partial charge in [0.2, 0.25) is 0 Å². The van der Waals surface area contributed by atoms with Crippen LogP contribution < -0.4 is 0 Å². The van der Waals surface area contributed by atoms with Crippen LogP contribution in [-0.4, -0.2) is 30.0 Å². The van der Waals surface area contributed by atoms with Crippen LogP contribution in [0.25, 0.3) is 0 Å². The van der Waals surface area contributed by atoms with Crippen LogP contribution in [0.4, 0.5) is 0 Å². The Morgan fingerprint density at radius 3 is 1.41 bits per heavy atom. The minimum atomic E-state index is -0.633. The second-order valence-corrected chi connectivity index (χ2v) is 8.41. The molecular formula is C27H29ClO4. The summed E-state index contributed by atoms with van der Waals surface area (Å²) in [5.74, 6) is 0. The number of hydrogen-bond acceptors (Lipinski definition) is 4. The van der Waals surface area contributed by atoms with Crippen molar-refractivity contribution in [2.24, 2.45) is 0 Å². The molecule has 1 fully saturated rings. The molecule has 0 aromatic heterocycles. The summed E-state index contributed by atoms with van der Waals surface area (Å²) in [5.41, 5.74) is 2.61. The van der Waals surface area contributed by atoms with Gasteiger partial charge in [0, 0.05) is 0 Å². The molecule has 0 spiro atoms. The minimum Gasteiger partial charge on any atom is -0.368 e. The molecule has 4 nitrogen and oxygen atoms in total. The smallest absolute Gasteiger partial charge is 0.160 e. The fourth-order valence-electron chi connectivity index (χ4n) is 3.85. The predicted octanol–water partition coefficient (Wildman–Crippen LogP) is 5.73. The molecule has 5 unspecified atom stereocenters. The zero-order chi connectivity index (χ0) is 22.2. The van der Waals surface area contributed by atoms with E-state index in [2.05, 4.69) is 0 Å². The van der Waals surface area contributed by atoms with Crippen molar-refractivity contribution in [1.82, 2.24) is 0 Å². The molecule has 1 aliphatic rings. The maximum atomic E-state index is 6.62. The van der Waals surface area contributed by atoms with Gasteiger partial charge in [-0.15, -0.1) is 0 Å². The fourth-order valence-corrected chi connectivity index (χ4v) is 4.23. The van der Waals surface area contributed by atoms with Crippen LogP contribution in [0.1, 0.15) is 23.6 Å². The van der Waals surface area contributed by atoms with E-state index < -0.39 is 11.7 Å². The van der Waals surface area contributed by atoms with Crippen LogP contribution >= 0.6 is 11.6 Å². The molecule has 4 rings (SSSR count). The highest BCUT2D eigenvalue weighted by atomic mass is 35.5. The zero-order valence-electron chi connectivity index (χ0n) is 18.2. The van der Waals surface area contributed by atoms with Gasteiger partial charge in [-0.3, -0.25) is 0 Å². The van der Waals surface area contributed by atoms with Crippen molar-refractivity contribution in [1.29, 1.82) is 0 Å². The third-order valence-corrected chi connectivity index (χ3v) is 5.92. The third-order valence-electron chi connectivity index (χ3n) is 5.57. The van der Waals surface area contributed by atoms with Crippen molar-refractivity contribution in [3.8, 4) is 0 Å². The molecule has 1 heterocycles. The van der Waals surface area contributed by atoms with E-state index in [0.717, 1.165) is 16.7 Å². The summed E-state index contributed by atoms with van der Waals surface area (Å²) in [6.45, 7) is 3.29. The van der Waals surface area contributed by atoms with Crippen LogP contribution in [-0.2, 0) is 38.8 Å². The van der Waals surface area contributed by atoms with Gasteiger partial charge in [0.1, 0.15) is 18.3 Å². The predicted molar refractivity (Wildman–Crippen MR) is 125 cm³/mol. The average Bonchev–Trinajstić information content (AvgIpc) is 2.83. The van der Waals surface area contributed by atoms with Gasteiger partial charge in [0.15, 0.2) is 5.56 Å². The Kier molecular flexibility index (Phi) is 8.32. The highest BCUT2D eigenvalue weighted by molar-refractivity contribution is 6.20. The van der Waals surface area contributed by atoms with Crippen molar-refractivity contribution in [3.63, 3.8) is 0 Å². The molecule has 0 saturated carbocycles. The molecule has 3 aromatic rings. The van der Waals surface area contributed by atoms with Gasteiger partial charge < -0.3 is 18.9 Å². The van der Waals surface area contributed by atoms with Crippen molar-refractivity contribution in [3.05, 3.63) is 108 Å². The summed E-state index contributed by atoms with van der Waals surface area (Å²) < 4.78 is 25.0. The van der Waals surface area contributed by atoms with E-state index in [1.54, 1.807) is 0 Å². The van der Waals surface area contributed by atoms with E-state index in [0.29, 0.717) is 19.8 Å². The number of benzene rings is 3. The first kappa shape index (κ1) is 23.0. The van der Waals surface area contributed by atoms with E-state index in [9.17, 15) is 0 Å². The normalized spacial score (nSPS) is 25.5. The first-order valence-electron chi connectivity index (χ1n) is 11.0. The molecule has 1 saturated heterocycles. The SMILES string of the molecule is CC1OC(Cl)C(OCc2ccccc2)C(OCc2ccccc2)C1OCc1ccccc1. The Labute approximate surface area is 195 Å². The molecule has 0 aliphatic carbocycles. The lowest BCUT2D eigenvalue weighted by atomic mass is 9.99. The highest BCUT2D eigenvalue weighted by Gasteiger charge is 2.46. The van der Waals surface area contributed by atoms with Crippen LogP contribution in [0.3, 0.4) is 0 Å². The number of ether oxygens (including phenoxy) is 4. The lowest BCUT2D eigenvalue weighted by molar-refractivity contribution is -0.244. The molecule has 0 N–H and O–H groups in total. The largest absolute Gasteiger partial charge is 0.368 e. The second-order valence-electron chi connectivity index (χ2n) is 7.98. The van der Waals surface area contributed by atoms with Crippen molar-refractivity contribution in [2.45, 2.75) is 56.7 Å². The summed E-state index contributed by atoms with van der Waals surface area (Å²) in [6.07, 6.45) is -1.42. The molecule has 0 radical (unpaired) electrons. The molecule has 1 aliphatic heterocycles. The number of rotatable bonds is 9. The molecular weight excluding hydrogens is 424 g/mol. The Morgan fingerprint density at radius 1 is 0.594 bits per heavy atom. The van der Waals surface area contributed by atoms with Gasteiger partial charge in [0.05, 0.1) is 25.9 Å². The quantitative estimate of drug-likeness (QED) is 0.389. The van der Waals surface area contributed by atoms with Crippen LogP contribution in [0.15, 0.2) is 91.0 Å². The monoisotopic (exact) mass is 452 g/mol. The topological polar surface area (TPSA) is 36.9 Å². The number of hydrogen-bond donors (Lipinski definition) is 0. The van der Waals surface area contributed by atoms with Gasteiger partial charge >= 0.3 is 0 Å². The fraction of sp³-hybridized carbons (Fsp3) is 0.333. The lowest BCUT2D eigenvalue weighted by Gasteiger charge is -2.43.